The van der Waals surface area contributed by atoms with E-state index in [2.05, 4.69) is 0 Å². The van der Waals surface area contributed by atoms with Crippen molar-refractivity contribution in [3.63, 3.8) is 0 Å². The van der Waals surface area contributed by atoms with E-state index in [9.17, 15) is 4.79 Å². The first-order valence-electron chi connectivity index (χ1n) is 3.13. The maximum atomic E-state index is 11.1. The molecule has 1 aliphatic carbocycles. The van der Waals surface area contributed by atoms with Gasteiger partial charge in [-0.25, -0.2) is 0 Å². The van der Waals surface area contributed by atoms with Crippen molar-refractivity contribution in [1.82, 2.24) is 0 Å². The molecule has 0 heterocycles. The molecule has 62 valence electrons. The maximum Gasteiger partial charge on any atom is 0.194 e. The van der Waals surface area contributed by atoms with Gasteiger partial charge in [0, 0.05) is 10.4 Å². The number of allylic oxidation sites excluding steroid dienone is 2. The number of ketones is 1. The predicted octanol–water partition coefficient (Wildman–Crippen LogP) is 2.89. The van der Waals surface area contributed by atoms with Crippen LogP contribution in [0.3, 0.4) is 0 Å². The summed E-state index contributed by atoms with van der Waals surface area (Å²) in [6.45, 7) is 3.58. The second kappa shape index (κ2) is 2.65. The van der Waals surface area contributed by atoms with Gasteiger partial charge >= 0.3 is 0 Å². The molecule has 0 aromatic heterocycles. The molecule has 1 aliphatic rings. The molecule has 4 heteroatoms. The third kappa shape index (κ3) is 1.20. The van der Waals surface area contributed by atoms with Crippen LogP contribution in [0.4, 0.5) is 0 Å². The molecule has 0 aliphatic heterocycles. The van der Waals surface area contributed by atoms with Crippen molar-refractivity contribution in [3.05, 3.63) is 10.1 Å². The number of Topliss-reactive ketones (excluding diaryl/α,β-unsaturated/α-hetero) is 1. The zero-order chi connectivity index (χ0) is 8.81. The Morgan fingerprint density at radius 2 is 1.82 bits per heavy atom. The van der Waals surface area contributed by atoms with Crippen LogP contribution in [0, 0.1) is 5.41 Å². The Labute approximate surface area is 80.3 Å². The van der Waals surface area contributed by atoms with E-state index >= 15 is 0 Å². The van der Waals surface area contributed by atoms with Crippen molar-refractivity contribution in [2.45, 2.75) is 19.2 Å². The van der Waals surface area contributed by atoms with E-state index in [0.717, 1.165) is 0 Å². The lowest BCUT2D eigenvalue weighted by atomic mass is 9.92. The van der Waals surface area contributed by atoms with Crippen molar-refractivity contribution >= 4 is 40.6 Å². The normalized spacial score (nSPS) is 29.9. The van der Waals surface area contributed by atoms with Gasteiger partial charge in [0.15, 0.2) is 5.78 Å². The van der Waals surface area contributed by atoms with Crippen LogP contribution in [0.15, 0.2) is 10.1 Å². The van der Waals surface area contributed by atoms with Gasteiger partial charge < -0.3 is 0 Å². The van der Waals surface area contributed by atoms with E-state index in [0.29, 0.717) is 5.03 Å². The number of carbonyl (C=O) groups is 1. The topological polar surface area (TPSA) is 17.1 Å². The monoisotopic (exact) mass is 212 g/mol. The zero-order valence-corrected chi connectivity index (χ0v) is 8.39. The Morgan fingerprint density at radius 3 is 1.91 bits per heavy atom. The minimum atomic E-state index is -0.623. The van der Waals surface area contributed by atoms with Crippen LogP contribution in [0.5, 0.6) is 0 Å². The van der Waals surface area contributed by atoms with Crippen LogP contribution in [0.1, 0.15) is 13.8 Å². The summed E-state index contributed by atoms with van der Waals surface area (Å²) in [6.07, 6.45) is 0. The molecule has 0 aromatic carbocycles. The van der Waals surface area contributed by atoms with Gasteiger partial charge in [-0.2, -0.15) is 0 Å². The fourth-order valence-electron chi connectivity index (χ4n) is 0.941. The van der Waals surface area contributed by atoms with E-state index in [1.165, 1.54) is 0 Å². The number of hydrogen-bond acceptors (Lipinski definition) is 1. The van der Waals surface area contributed by atoms with Crippen molar-refractivity contribution in [3.8, 4) is 0 Å². The van der Waals surface area contributed by atoms with Crippen LogP contribution in [-0.2, 0) is 4.79 Å². The number of rotatable bonds is 0. The molecular formula is C7H7Cl3O. The van der Waals surface area contributed by atoms with Gasteiger partial charge in [0.2, 0.25) is 0 Å². The van der Waals surface area contributed by atoms with Gasteiger partial charge in [0.1, 0.15) is 10.4 Å². The smallest absolute Gasteiger partial charge is 0.194 e. The molecule has 1 unspecified atom stereocenters. The quantitative estimate of drug-likeness (QED) is 0.566. The lowest BCUT2D eigenvalue weighted by molar-refractivity contribution is -0.115. The van der Waals surface area contributed by atoms with Gasteiger partial charge in [-0.3, -0.25) is 4.79 Å². The molecule has 0 N–H and O–H groups in total. The molecule has 0 spiro atoms. The Balaban J connectivity index is 3.16. The molecule has 0 amide bonds. The van der Waals surface area contributed by atoms with Gasteiger partial charge in [-0.15, -0.1) is 11.6 Å². The van der Waals surface area contributed by atoms with E-state index < -0.39 is 10.8 Å². The number of alkyl halides is 1. The zero-order valence-electron chi connectivity index (χ0n) is 6.12. The fourth-order valence-corrected chi connectivity index (χ4v) is 1.83. The maximum absolute atomic E-state index is 11.1. The molecule has 0 fully saturated rings. The number of hydrogen-bond donors (Lipinski definition) is 0. The fraction of sp³-hybridized carbons (Fsp3) is 0.571. The standard InChI is InChI=1S/C7H7Cl3O/c1-7(2)5(9)3(8)4(11)6(7)10/h6H,1-2H3. The Kier molecular flexibility index (Phi) is 2.26. The highest BCUT2D eigenvalue weighted by Gasteiger charge is 2.45. The first-order chi connectivity index (χ1) is 4.89. The molecule has 0 aromatic rings. The Morgan fingerprint density at radius 1 is 1.36 bits per heavy atom. The van der Waals surface area contributed by atoms with Gasteiger partial charge in [-0.05, 0) is 0 Å². The van der Waals surface area contributed by atoms with Crippen molar-refractivity contribution in [1.29, 1.82) is 0 Å². The first kappa shape index (κ1) is 9.37. The molecule has 0 saturated heterocycles. The molecule has 0 bridgehead atoms. The highest BCUT2D eigenvalue weighted by Crippen LogP contribution is 2.46. The third-order valence-corrected chi connectivity index (χ3v) is 3.73. The first-order valence-corrected chi connectivity index (χ1v) is 4.32. The van der Waals surface area contributed by atoms with Crippen molar-refractivity contribution < 1.29 is 4.79 Å². The molecule has 0 saturated carbocycles. The van der Waals surface area contributed by atoms with Crippen LogP contribution in [-0.4, -0.2) is 11.2 Å². The summed E-state index contributed by atoms with van der Waals surface area (Å²) in [5, 5.41) is -0.177. The summed E-state index contributed by atoms with van der Waals surface area (Å²) in [5.41, 5.74) is -0.517. The second-order valence-corrected chi connectivity index (χ2v) is 4.27. The van der Waals surface area contributed by atoms with Crippen molar-refractivity contribution in [2.24, 2.45) is 5.41 Å². The third-order valence-electron chi connectivity index (χ3n) is 1.84. The largest absolute Gasteiger partial charge is 0.291 e. The number of carbonyl (C=O) groups excluding carboxylic acids is 1. The number of halogens is 3. The van der Waals surface area contributed by atoms with Gasteiger partial charge in [-0.1, -0.05) is 37.0 Å². The van der Waals surface area contributed by atoms with Crippen LogP contribution < -0.4 is 0 Å². The van der Waals surface area contributed by atoms with Crippen LogP contribution >= 0.6 is 34.8 Å². The summed E-state index contributed by atoms with van der Waals surface area (Å²) < 4.78 is 0. The lowest BCUT2D eigenvalue weighted by Gasteiger charge is -2.20. The van der Waals surface area contributed by atoms with Crippen LogP contribution in [0.25, 0.3) is 0 Å². The summed E-state index contributed by atoms with van der Waals surface area (Å²) >= 11 is 17.2. The molecule has 1 rings (SSSR count). The van der Waals surface area contributed by atoms with Crippen molar-refractivity contribution in [2.75, 3.05) is 0 Å². The minimum Gasteiger partial charge on any atom is -0.291 e. The highest BCUT2D eigenvalue weighted by atomic mass is 35.5. The van der Waals surface area contributed by atoms with Gasteiger partial charge in [0.05, 0.1) is 0 Å². The Hall–Kier alpha value is 0.280. The summed E-state index contributed by atoms with van der Waals surface area (Å²) in [4.78, 5) is 11.1. The lowest BCUT2D eigenvalue weighted by Crippen LogP contribution is -2.24. The Bertz CT molecular complexity index is 242. The molecule has 11 heavy (non-hydrogen) atoms. The van der Waals surface area contributed by atoms with E-state index in [1.807, 2.05) is 0 Å². The van der Waals surface area contributed by atoms with E-state index in [1.54, 1.807) is 13.8 Å². The average molecular weight is 213 g/mol. The average Bonchev–Trinajstić information content (AvgIpc) is 2.06. The van der Waals surface area contributed by atoms with E-state index in [4.69, 9.17) is 34.8 Å². The predicted molar refractivity (Wildman–Crippen MR) is 47.2 cm³/mol. The van der Waals surface area contributed by atoms with Gasteiger partial charge in [0.25, 0.3) is 0 Å². The molecule has 0 radical (unpaired) electrons. The summed E-state index contributed by atoms with van der Waals surface area (Å²) in [6, 6.07) is 0. The second-order valence-electron chi connectivity index (χ2n) is 3.08. The SMILES string of the molecule is CC1(C)C(Cl)=C(Cl)C(=O)C1Cl. The molecular weight excluding hydrogens is 206 g/mol. The van der Waals surface area contributed by atoms with Crippen LogP contribution in [0.2, 0.25) is 0 Å². The molecule has 1 atom stereocenters. The minimum absolute atomic E-state index is 0.0802. The molecule has 1 nitrogen and oxygen atoms in total. The summed E-state index contributed by atoms with van der Waals surface area (Å²) in [5.74, 6) is -0.275. The summed E-state index contributed by atoms with van der Waals surface area (Å²) in [7, 11) is 0. The van der Waals surface area contributed by atoms with E-state index in [-0.39, 0.29) is 10.8 Å². The highest BCUT2D eigenvalue weighted by molar-refractivity contribution is 6.55.